The van der Waals surface area contributed by atoms with Gasteiger partial charge in [-0.1, -0.05) is 35.6 Å². The number of rotatable bonds is 3. The lowest BCUT2D eigenvalue weighted by atomic mass is 9.31. The quantitative estimate of drug-likeness (QED) is 0.587. The highest BCUT2D eigenvalue weighted by Crippen LogP contribution is 2.80. The number of halogens is 1. The molecule has 4 rings (SSSR count). The van der Waals surface area contributed by atoms with Gasteiger partial charge >= 0.3 is 11.9 Å². The molecule has 3 saturated carbocycles. The molecule has 5 heteroatoms. The maximum absolute atomic E-state index is 11.5. The van der Waals surface area contributed by atoms with Crippen molar-refractivity contribution in [2.75, 3.05) is 0 Å². The second kappa shape index (κ2) is 3.74. The predicted molar refractivity (Wildman–Crippen MR) is 77.2 cm³/mol. The number of aliphatic carboxylic acids is 2. The first-order valence-corrected chi connectivity index (χ1v) is 7.65. The van der Waals surface area contributed by atoms with Crippen molar-refractivity contribution in [2.45, 2.75) is 42.4 Å². The zero-order chi connectivity index (χ0) is 14.1. The molecule has 104 valence electrons. The van der Waals surface area contributed by atoms with Crippen molar-refractivity contribution >= 4 is 34.5 Å². The number of hydrogen-bond donors (Lipinski definition) is 2. The van der Waals surface area contributed by atoms with E-state index < -0.39 is 21.3 Å². The Bertz CT molecular complexity index is 490. The first kappa shape index (κ1) is 13.4. The molecule has 2 bridgehead atoms. The Balaban J connectivity index is 1.96. The van der Waals surface area contributed by atoms with Gasteiger partial charge in [0.15, 0.2) is 0 Å². The fraction of sp³-hybridized carbons (Fsp3) is 0.714. The van der Waals surface area contributed by atoms with E-state index in [1.807, 2.05) is 0 Å². The van der Waals surface area contributed by atoms with Gasteiger partial charge in [0.05, 0.1) is 9.34 Å². The summed E-state index contributed by atoms with van der Waals surface area (Å²) in [5.74, 6) is -2.13. The lowest BCUT2D eigenvalue weighted by molar-refractivity contribution is -0.207. The molecule has 0 radical (unpaired) electrons. The SMILES string of the molecule is CC12CC(C3(I)CC(C(=O)O)CC=C3C(=O)O)(C1)C2. The Morgan fingerprint density at radius 3 is 2.32 bits per heavy atom. The Labute approximate surface area is 125 Å². The van der Waals surface area contributed by atoms with Crippen LogP contribution in [0.5, 0.6) is 0 Å². The predicted octanol–water partition coefficient (Wildman–Crippen LogP) is 2.86. The average molecular weight is 376 g/mol. The molecule has 2 N–H and O–H groups in total. The Morgan fingerprint density at radius 2 is 1.89 bits per heavy atom. The molecule has 4 nitrogen and oxygen atoms in total. The minimum absolute atomic E-state index is 0.0284. The van der Waals surface area contributed by atoms with Crippen LogP contribution in [0.4, 0.5) is 0 Å². The first-order valence-electron chi connectivity index (χ1n) is 6.57. The summed E-state index contributed by atoms with van der Waals surface area (Å²) in [6, 6.07) is 0. The third-order valence-corrected chi connectivity index (χ3v) is 7.44. The summed E-state index contributed by atoms with van der Waals surface area (Å²) in [4.78, 5) is 22.8. The van der Waals surface area contributed by atoms with Gasteiger partial charge in [0.1, 0.15) is 0 Å². The highest BCUT2D eigenvalue weighted by molar-refractivity contribution is 14.1. The molecular weight excluding hydrogens is 359 g/mol. The van der Waals surface area contributed by atoms with Crippen LogP contribution in [0.25, 0.3) is 0 Å². The molecule has 0 aromatic carbocycles. The minimum atomic E-state index is -0.881. The molecule has 0 aromatic heterocycles. The normalized spacial score (nSPS) is 47.7. The summed E-state index contributed by atoms with van der Waals surface area (Å²) in [6.45, 7) is 2.23. The molecule has 2 atom stereocenters. The summed E-state index contributed by atoms with van der Waals surface area (Å²) in [5, 5.41) is 18.7. The highest BCUT2D eigenvalue weighted by Gasteiger charge is 2.74. The zero-order valence-electron chi connectivity index (χ0n) is 10.8. The van der Waals surface area contributed by atoms with E-state index in [1.54, 1.807) is 6.08 Å². The van der Waals surface area contributed by atoms with Gasteiger partial charge in [-0.2, -0.15) is 0 Å². The van der Waals surface area contributed by atoms with Gasteiger partial charge in [-0.25, -0.2) is 4.79 Å². The van der Waals surface area contributed by atoms with E-state index in [4.69, 9.17) is 0 Å². The molecule has 4 aliphatic carbocycles. The summed E-state index contributed by atoms with van der Waals surface area (Å²) >= 11 is 2.24. The van der Waals surface area contributed by atoms with E-state index in [9.17, 15) is 19.8 Å². The van der Waals surface area contributed by atoms with Gasteiger partial charge in [-0.15, -0.1) is 0 Å². The van der Waals surface area contributed by atoms with Crippen LogP contribution in [-0.2, 0) is 9.59 Å². The van der Waals surface area contributed by atoms with Gasteiger partial charge in [0.2, 0.25) is 0 Å². The zero-order valence-corrected chi connectivity index (χ0v) is 12.9. The Hall–Kier alpha value is -0.590. The lowest BCUT2D eigenvalue weighted by Gasteiger charge is -2.75. The van der Waals surface area contributed by atoms with Crippen LogP contribution >= 0.6 is 22.6 Å². The molecule has 0 saturated heterocycles. The Morgan fingerprint density at radius 1 is 1.32 bits per heavy atom. The summed E-state index contributed by atoms with van der Waals surface area (Å²) in [7, 11) is 0. The molecule has 2 unspecified atom stereocenters. The molecule has 0 aliphatic heterocycles. The summed E-state index contributed by atoms with van der Waals surface area (Å²) in [6.07, 6.45) is 5.58. The number of carboxylic acids is 2. The molecular formula is C14H17IO4. The van der Waals surface area contributed by atoms with Crippen molar-refractivity contribution < 1.29 is 19.8 Å². The van der Waals surface area contributed by atoms with Crippen molar-refractivity contribution in [3.05, 3.63) is 11.6 Å². The molecule has 0 heterocycles. The van der Waals surface area contributed by atoms with Gasteiger partial charge in [-0.05, 0) is 42.9 Å². The monoisotopic (exact) mass is 376 g/mol. The van der Waals surface area contributed by atoms with Crippen molar-refractivity contribution in [2.24, 2.45) is 16.7 Å². The van der Waals surface area contributed by atoms with E-state index in [2.05, 4.69) is 29.5 Å². The second-order valence-corrected chi connectivity index (χ2v) is 8.66. The maximum Gasteiger partial charge on any atom is 0.332 e. The van der Waals surface area contributed by atoms with Gasteiger partial charge < -0.3 is 10.2 Å². The smallest absolute Gasteiger partial charge is 0.332 e. The molecule has 3 fully saturated rings. The van der Waals surface area contributed by atoms with Crippen LogP contribution in [0, 0.1) is 16.7 Å². The minimum Gasteiger partial charge on any atom is -0.481 e. The van der Waals surface area contributed by atoms with E-state index >= 15 is 0 Å². The third-order valence-electron chi connectivity index (χ3n) is 5.28. The van der Waals surface area contributed by atoms with E-state index in [-0.39, 0.29) is 5.41 Å². The fourth-order valence-electron chi connectivity index (χ4n) is 4.62. The van der Waals surface area contributed by atoms with Crippen LogP contribution in [-0.4, -0.2) is 25.6 Å². The maximum atomic E-state index is 11.5. The number of allylic oxidation sites excluding steroid dienone is 1. The first-order chi connectivity index (χ1) is 8.71. The van der Waals surface area contributed by atoms with E-state index in [0.717, 1.165) is 19.3 Å². The average Bonchev–Trinajstić information content (AvgIpc) is 2.22. The third kappa shape index (κ3) is 1.63. The van der Waals surface area contributed by atoms with Crippen molar-refractivity contribution in [1.82, 2.24) is 0 Å². The summed E-state index contributed by atoms with van der Waals surface area (Å²) in [5.41, 5.74) is 0.853. The molecule has 19 heavy (non-hydrogen) atoms. The lowest BCUT2D eigenvalue weighted by Crippen LogP contribution is -2.70. The van der Waals surface area contributed by atoms with Crippen molar-refractivity contribution in [3.8, 4) is 0 Å². The van der Waals surface area contributed by atoms with Crippen LogP contribution in [0.1, 0.15) is 39.0 Å². The fourth-order valence-corrected chi connectivity index (χ4v) is 6.17. The molecule has 0 amide bonds. The molecule has 4 aliphatic rings. The molecule has 0 spiro atoms. The van der Waals surface area contributed by atoms with Crippen LogP contribution in [0.15, 0.2) is 11.6 Å². The van der Waals surface area contributed by atoms with E-state index in [1.165, 1.54) is 0 Å². The van der Waals surface area contributed by atoms with E-state index in [0.29, 0.717) is 23.8 Å². The van der Waals surface area contributed by atoms with Gasteiger partial charge in [-0.3, -0.25) is 4.79 Å². The topological polar surface area (TPSA) is 74.6 Å². The number of carboxylic acid groups (broad SMARTS) is 2. The second-order valence-electron chi connectivity index (χ2n) is 6.82. The van der Waals surface area contributed by atoms with Gasteiger partial charge in [0.25, 0.3) is 0 Å². The van der Waals surface area contributed by atoms with Crippen LogP contribution < -0.4 is 0 Å². The Kier molecular flexibility index (Phi) is 2.64. The van der Waals surface area contributed by atoms with Gasteiger partial charge in [0, 0.05) is 5.57 Å². The summed E-state index contributed by atoms with van der Waals surface area (Å²) < 4.78 is -0.504. The number of carbonyl (C=O) groups is 2. The number of alkyl halides is 1. The van der Waals surface area contributed by atoms with Crippen molar-refractivity contribution in [3.63, 3.8) is 0 Å². The molecule has 0 aromatic rings. The largest absolute Gasteiger partial charge is 0.481 e. The standard InChI is InChI=1S/C14H17IO4/c1-12-5-13(6-12,7-12)14(15)4-8(10(16)17)2-3-9(14)11(18)19/h3,8H,2,4-7H2,1H3,(H,16,17)(H,18,19). The van der Waals surface area contributed by atoms with Crippen LogP contribution in [0.3, 0.4) is 0 Å². The van der Waals surface area contributed by atoms with Crippen molar-refractivity contribution in [1.29, 1.82) is 0 Å². The highest BCUT2D eigenvalue weighted by atomic mass is 127. The number of hydrogen-bond acceptors (Lipinski definition) is 2. The van der Waals surface area contributed by atoms with Crippen LogP contribution in [0.2, 0.25) is 0 Å².